The van der Waals surface area contributed by atoms with Crippen LogP contribution in [0.1, 0.15) is 38.5 Å². The van der Waals surface area contributed by atoms with Gasteiger partial charge in [0.25, 0.3) is 5.91 Å². The third-order valence-electron chi connectivity index (χ3n) is 4.12. The summed E-state index contributed by atoms with van der Waals surface area (Å²) in [5.41, 5.74) is 8.15. The van der Waals surface area contributed by atoms with Gasteiger partial charge in [-0.05, 0) is 38.5 Å². The number of hydrogen-bond donors (Lipinski definition) is 1. The van der Waals surface area contributed by atoms with Crippen LogP contribution in [0.25, 0.3) is 0 Å². The van der Waals surface area contributed by atoms with Crippen molar-refractivity contribution in [3.8, 4) is 5.75 Å². The quantitative estimate of drug-likeness (QED) is 0.559. The third-order valence-corrected chi connectivity index (χ3v) is 4.12. The van der Waals surface area contributed by atoms with Gasteiger partial charge < -0.3 is 19.8 Å². The molecule has 134 valence electrons. The first kappa shape index (κ1) is 18.7. The second-order valence-electron chi connectivity index (χ2n) is 5.86. The normalized spacial score (nSPS) is 10.7. The SMILES string of the molecule is COCCCn1c(C)cc(C(=O)COc2ccccc2C(N)=O)c1C. The van der Waals surface area contributed by atoms with Crippen molar-refractivity contribution < 1.29 is 19.1 Å². The number of nitrogens with zero attached hydrogens (tertiary/aromatic N) is 1. The van der Waals surface area contributed by atoms with Crippen molar-refractivity contribution in [3.63, 3.8) is 0 Å². The lowest BCUT2D eigenvalue weighted by molar-refractivity contribution is 0.0911. The first-order chi connectivity index (χ1) is 12.0. The van der Waals surface area contributed by atoms with Gasteiger partial charge in [-0.2, -0.15) is 0 Å². The second kappa shape index (κ2) is 8.48. The number of primary amides is 1. The largest absolute Gasteiger partial charge is 0.485 e. The maximum absolute atomic E-state index is 12.5. The fourth-order valence-electron chi connectivity index (χ4n) is 2.81. The highest BCUT2D eigenvalue weighted by molar-refractivity contribution is 5.99. The third kappa shape index (κ3) is 4.48. The minimum atomic E-state index is -0.584. The van der Waals surface area contributed by atoms with Crippen LogP contribution in [-0.2, 0) is 11.3 Å². The van der Waals surface area contributed by atoms with Gasteiger partial charge in [-0.15, -0.1) is 0 Å². The number of nitrogens with two attached hydrogens (primary N) is 1. The molecule has 2 rings (SSSR count). The molecular formula is C19H24N2O4. The number of Topliss-reactive ketones (excluding diaryl/α,β-unsaturated/α-hetero) is 1. The Bertz CT molecular complexity index is 765. The molecule has 6 heteroatoms. The molecule has 2 aromatic rings. The Morgan fingerprint density at radius 1 is 1.16 bits per heavy atom. The lowest BCUT2D eigenvalue weighted by Gasteiger charge is -2.10. The molecule has 25 heavy (non-hydrogen) atoms. The predicted octanol–water partition coefficient (Wildman–Crippen LogP) is 2.50. The van der Waals surface area contributed by atoms with Crippen LogP contribution in [0.4, 0.5) is 0 Å². The van der Waals surface area contributed by atoms with Crippen molar-refractivity contribution in [2.75, 3.05) is 20.3 Å². The Labute approximate surface area is 147 Å². The van der Waals surface area contributed by atoms with Gasteiger partial charge in [0.05, 0.1) is 5.56 Å². The molecule has 0 fully saturated rings. The number of benzene rings is 1. The van der Waals surface area contributed by atoms with E-state index in [1.54, 1.807) is 31.4 Å². The van der Waals surface area contributed by atoms with E-state index < -0.39 is 5.91 Å². The van der Waals surface area contributed by atoms with Crippen LogP contribution in [0, 0.1) is 13.8 Å². The Hall–Kier alpha value is -2.60. The highest BCUT2D eigenvalue weighted by Gasteiger charge is 2.17. The molecule has 1 aromatic heterocycles. The van der Waals surface area contributed by atoms with Crippen LogP contribution in [0.15, 0.2) is 30.3 Å². The predicted molar refractivity (Wildman–Crippen MR) is 95.2 cm³/mol. The Kier molecular flexibility index (Phi) is 6.36. The Balaban J connectivity index is 2.09. The fourth-order valence-corrected chi connectivity index (χ4v) is 2.81. The van der Waals surface area contributed by atoms with Crippen molar-refractivity contribution >= 4 is 11.7 Å². The van der Waals surface area contributed by atoms with Crippen LogP contribution >= 0.6 is 0 Å². The molecule has 2 N–H and O–H groups in total. The minimum Gasteiger partial charge on any atom is -0.485 e. The molecule has 0 radical (unpaired) electrons. The molecule has 1 aromatic carbocycles. The monoisotopic (exact) mass is 344 g/mol. The zero-order valence-electron chi connectivity index (χ0n) is 14.9. The zero-order chi connectivity index (χ0) is 18.4. The molecule has 0 aliphatic rings. The van der Waals surface area contributed by atoms with Crippen molar-refractivity contribution in [2.45, 2.75) is 26.8 Å². The van der Waals surface area contributed by atoms with E-state index in [1.807, 2.05) is 19.9 Å². The van der Waals surface area contributed by atoms with Gasteiger partial charge in [-0.1, -0.05) is 12.1 Å². The number of para-hydroxylation sites is 1. The van der Waals surface area contributed by atoms with E-state index in [9.17, 15) is 9.59 Å². The number of methoxy groups -OCH3 is 1. The minimum absolute atomic E-state index is 0.134. The van der Waals surface area contributed by atoms with E-state index >= 15 is 0 Å². The maximum atomic E-state index is 12.5. The van der Waals surface area contributed by atoms with Gasteiger partial charge in [0.2, 0.25) is 5.78 Å². The number of amides is 1. The number of carbonyl (C=O) groups is 2. The molecule has 1 heterocycles. The summed E-state index contributed by atoms with van der Waals surface area (Å²) in [5, 5.41) is 0. The van der Waals surface area contributed by atoms with E-state index in [-0.39, 0.29) is 18.0 Å². The summed E-state index contributed by atoms with van der Waals surface area (Å²) >= 11 is 0. The van der Waals surface area contributed by atoms with Gasteiger partial charge in [-0.3, -0.25) is 9.59 Å². The van der Waals surface area contributed by atoms with Gasteiger partial charge in [-0.25, -0.2) is 0 Å². The lowest BCUT2D eigenvalue weighted by atomic mass is 10.1. The van der Waals surface area contributed by atoms with Crippen LogP contribution in [-0.4, -0.2) is 36.6 Å². The summed E-state index contributed by atoms with van der Waals surface area (Å²) < 4.78 is 12.7. The first-order valence-corrected chi connectivity index (χ1v) is 8.16. The number of aryl methyl sites for hydroxylation is 1. The summed E-state index contributed by atoms with van der Waals surface area (Å²) in [7, 11) is 1.67. The van der Waals surface area contributed by atoms with E-state index in [2.05, 4.69) is 4.57 Å². The first-order valence-electron chi connectivity index (χ1n) is 8.16. The number of rotatable bonds is 9. The molecule has 0 spiro atoms. The van der Waals surface area contributed by atoms with Crippen molar-refractivity contribution in [3.05, 3.63) is 52.8 Å². The number of aromatic nitrogens is 1. The molecular weight excluding hydrogens is 320 g/mol. The molecule has 6 nitrogen and oxygen atoms in total. The number of carbonyl (C=O) groups excluding carboxylic acids is 2. The molecule has 0 aliphatic carbocycles. The Morgan fingerprint density at radius 2 is 1.88 bits per heavy atom. The maximum Gasteiger partial charge on any atom is 0.252 e. The van der Waals surface area contributed by atoms with Gasteiger partial charge in [0, 0.05) is 37.2 Å². The van der Waals surface area contributed by atoms with Crippen molar-refractivity contribution in [1.29, 1.82) is 0 Å². The van der Waals surface area contributed by atoms with Crippen LogP contribution in [0.5, 0.6) is 5.75 Å². The zero-order valence-corrected chi connectivity index (χ0v) is 14.9. The van der Waals surface area contributed by atoms with Crippen molar-refractivity contribution in [2.24, 2.45) is 5.73 Å². The summed E-state index contributed by atoms with van der Waals surface area (Å²) in [6.07, 6.45) is 0.878. The fraction of sp³-hybridized carbons (Fsp3) is 0.368. The van der Waals surface area contributed by atoms with Crippen LogP contribution in [0.2, 0.25) is 0 Å². The summed E-state index contributed by atoms with van der Waals surface area (Å²) in [6.45, 7) is 5.22. The van der Waals surface area contributed by atoms with E-state index in [0.29, 0.717) is 17.9 Å². The van der Waals surface area contributed by atoms with E-state index in [0.717, 1.165) is 24.4 Å². The molecule has 0 saturated heterocycles. The molecule has 0 aliphatic heterocycles. The summed E-state index contributed by atoms with van der Waals surface area (Å²) in [4.78, 5) is 23.9. The van der Waals surface area contributed by atoms with Crippen LogP contribution in [0.3, 0.4) is 0 Å². The van der Waals surface area contributed by atoms with Crippen molar-refractivity contribution in [1.82, 2.24) is 4.57 Å². The summed E-state index contributed by atoms with van der Waals surface area (Å²) in [5.74, 6) is -0.401. The highest BCUT2D eigenvalue weighted by Crippen LogP contribution is 2.20. The van der Waals surface area contributed by atoms with Gasteiger partial charge in [0.15, 0.2) is 6.61 Å². The molecule has 0 atom stereocenters. The number of ketones is 1. The molecule has 1 amide bonds. The van der Waals surface area contributed by atoms with Gasteiger partial charge >= 0.3 is 0 Å². The average Bonchev–Trinajstić information content (AvgIpc) is 2.88. The van der Waals surface area contributed by atoms with E-state index in [4.69, 9.17) is 15.2 Å². The highest BCUT2D eigenvalue weighted by atomic mass is 16.5. The molecule has 0 bridgehead atoms. The molecule has 0 saturated carbocycles. The topological polar surface area (TPSA) is 83.6 Å². The van der Waals surface area contributed by atoms with Gasteiger partial charge in [0.1, 0.15) is 5.75 Å². The number of hydrogen-bond acceptors (Lipinski definition) is 4. The standard InChI is InChI=1S/C19H24N2O4/c1-13-11-16(14(2)21(13)9-6-10-24-3)17(22)12-25-18-8-5-4-7-15(18)19(20)23/h4-5,7-8,11H,6,9-10,12H2,1-3H3,(H2,20,23). The number of ether oxygens (including phenoxy) is 2. The second-order valence-corrected chi connectivity index (χ2v) is 5.86. The molecule has 0 unspecified atom stereocenters. The summed E-state index contributed by atoms with van der Waals surface area (Å²) in [6, 6.07) is 8.50. The van der Waals surface area contributed by atoms with E-state index in [1.165, 1.54) is 0 Å². The average molecular weight is 344 g/mol. The van der Waals surface area contributed by atoms with Crippen LogP contribution < -0.4 is 10.5 Å². The lowest BCUT2D eigenvalue weighted by Crippen LogP contribution is -2.17. The Morgan fingerprint density at radius 3 is 2.56 bits per heavy atom. The smallest absolute Gasteiger partial charge is 0.252 e.